The molecule has 2 N–H and O–H groups in total. The third-order valence-corrected chi connectivity index (χ3v) is 2.13. The van der Waals surface area contributed by atoms with Gasteiger partial charge in [0.1, 0.15) is 6.10 Å². The quantitative estimate of drug-likeness (QED) is 0.537. The summed E-state index contributed by atoms with van der Waals surface area (Å²) in [6, 6.07) is 7.93. The van der Waals surface area contributed by atoms with Gasteiger partial charge in [-0.25, -0.2) is 0 Å². The fraction of sp³-hybridized carbons (Fsp3) is 0.400. The van der Waals surface area contributed by atoms with Crippen LogP contribution in [0.2, 0.25) is 0 Å². The number of rotatable bonds is 1. The average Bonchev–Trinajstić information content (AvgIpc) is 2.62. The molecule has 0 spiro atoms. The second-order valence-electron chi connectivity index (χ2n) is 3.42. The lowest BCUT2D eigenvalue weighted by Gasteiger charge is -2.11. The molecular formula is C10H14N2O5. The maximum absolute atomic E-state index is 10.0. The minimum absolute atomic E-state index is 0.137. The fourth-order valence-corrected chi connectivity index (χ4v) is 1.15. The van der Waals surface area contributed by atoms with Gasteiger partial charge < -0.3 is 10.2 Å². The van der Waals surface area contributed by atoms with Crippen molar-refractivity contribution in [2.45, 2.75) is 12.3 Å². The highest BCUT2D eigenvalue weighted by Crippen LogP contribution is 2.08. The molecule has 2 rings (SSSR count). The third kappa shape index (κ3) is 4.08. The smallest absolute Gasteiger partial charge is 0.269 e. The molecule has 0 aliphatic carbocycles. The Morgan fingerprint density at radius 3 is 2.24 bits per heavy atom. The fourth-order valence-electron chi connectivity index (χ4n) is 1.15. The number of nitro benzene ring substituents is 1. The first-order valence-electron chi connectivity index (χ1n) is 4.93. The van der Waals surface area contributed by atoms with E-state index in [-0.39, 0.29) is 12.3 Å². The van der Waals surface area contributed by atoms with E-state index in [9.17, 15) is 10.1 Å². The Morgan fingerprint density at radius 1 is 1.41 bits per heavy atom. The van der Waals surface area contributed by atoms with Gasteiger partial charge in [0.15, 0.2) is 6.23 Å². The van der Waals surface area contributed by atoms with Crippen molar-refractivity contribution in [1.82, 2.24) is 5.06 Å². The first kappa shape index (κ1) is 13.5. The molecule has 94 valence electrons. The standard InChI is InChI=1S/C6H5NO2.C4H9NO3/c8-7(9)6-4-2-1-3-5-6;1-5-4(7)3(6)2-8-5/h1-5H;3-4,6-7H,2H2,1H3. The monoisotopic (exact) mass is 242 g/mol. The number of hydrogen-bond acceptors (Lipinski definition) is 6. The van der Waals surface area contributed by atoms with Crippen LogP contribution in [0.25, 0.3) is 0 Å². The highest BCUT2D eigenvalue weighted by Gasteiger charge is 2.28. The van der Waals surface area contributed by atoms with Gasteiger partial charge in [-0.1, -0.05) is 18.2 Å². The molecule has 1 saturated heterocycles. The van der Waals surface area contributed by atoms with Crippen molar-refractivity contribution in [2.24, 2.45) is 0 Å². The van der Waals surface area contributed by atoms with Crippen molar-refractivity contribution < 1.29 is 20.0 Å². The van der Waals surface area contributed by atoms with Crippen LogP contribution in [0.1, 0.15) is 0 Å². The van der Waals surface area contributed by atoms with E-state index in [4.69, 9.17) is 15.1 Å². The Kier molecular flexibility index (Phi) is 4.98. The number of aliphatic hydroxyl groups is 2. The van der Waals surface area contributed by atoms with Crippen LogP contribution in [-0.2, 0) is 4.84 Å². The zero-order valence-electron chi connectivity index (χ0n) is 9.26. The number of nitro groups is 1. The molecule has 0 aromatic heterocycles. The van der Waals surface area contributed by atoms with E-state index < -0.39 is 17.3 Å². The summed E-state index contributed by atoms with van der Waals surface area (Å²) in [5.41, 5.74) is 0.137. The number of hydroxylamine groups is 2. The zero-order valence-corrected chi connectivity index (χ0v) is 9.26. The SMILES string of the molecule is CN1OCC(O)C1O.O=[N+]([O-])c1ccccc1. The highest BCUT2D eigenvalue weighted by molar-refractivity contribution is 5.27. The Labute approximate surface area is 98.0 Å². The van der Waals surface area contributed by atoms with Gasteiger partial charge in [0.2, 0.25) is 0 Å². The summed E-state index contributed by atoms with van der Waals surface area (Å²) < 4.78 is 0. The number of likely N-dealkylation sites (N-methyl/N-ethyl adjacent to an activating group) is 1. The van der Waals surface area contributed by atoms with E-state index in [0.29, 0.717) is 0 Å². The van der Waals surface area contributed by atoms with Crippen LogP contribution >= 0.6 is 0 Å². The van der Waals surface area contributed by atoms with Crippen LogP contribution in [0.4, 0.5) is 5.69 Å². The van der Waals surface area contributed by atoms with Gasteiger partial charge in [-0.2, -0.15) is 5.06 Å². The zero-order chi connectivity index (χ0) is 12.8. The van der Waals surface area contributed by atoms with Crippen molar-refractivity contribution in [2.75, 3.05) is 13.7 Å². The molecule has 1 heterocycles. The first-order chi connectivity index (χ1) is 8.02. The Morgan fingerprint density at radius 2 is 2.00 bits per heavy atom. The van der Waals surface area contributed by atoms with Crippen molar-refractivity contribution in [1.29, 1.82) is 0 Å². The minimum atomic E-state index is -0.852. The van der Waals surface area contributed by atoms with Crippen LogP contribution in [0.3, 0.4) is 0 Å². The maximum Gasteiger partial charge on any atom is 0.269 e. The summed E-state index contributed by atoms with van der Waals surface area (Å²) in [6.45, 7) is 0.192. The second-order valence-corrected chi connectivity index (χ2v) is 3.42. The lowest BCUT2D eigenvalue weighted by atomic mass is 10.3. The molecule has 1 aliphatic rings. The molecule has 7 nitrogen and oxygen atoms in total. The highest BCUT2D eigenvalue weighted by atomic mass is 16.7. The van der Waals surface area contributed by atoms with Crippen LogP contribution < -0.4 is 0 Å². The normalized spacial score (nSPS) is 23.9. The molecule has 7 heteroatoms. The minimum Gasteiger partial charge on any atom is -0.386 e. The average molecular weight is 242 g/mol. The van der Waals surface area contributed by atoms with Crippen LogP contribution in [0.15, 0.2) is 30.3 Å². The Hall–Kier alpha value is -1.54. The predicted molar refractivity (Wildman–Crippen MR) is 58.8 cm³/mol. The van der Waals surface area contributed by atoms with Crippen molar-refractivity contribution >= 4 is 5.69 Å². The maximum atomic E-state index is 10.0. The van der Waals surface area contributed by atoms with E-state index in [1.165, 1.54) is 17.2 Å². The summed E-state index contributed by atoms with van der Waals surface area (Å²) in [7, 11) is 1.57. The third-order valence-electron chi connectivity index (χ3n) is 2.13. The van der Waals surface area contributed by atoms with E-state index in [1.54, 1.807) is 25.2 Å². The van der Waals surface area contributed by atoms with Gasteiger partial charge in [-0.3, -0.25) is 15.0 Å². The van der Waals surface area contributed by atoms with E-state index in [0.717, 1.165) is 0 Å². The molecule has 1 aromatic carbocycles. The molecule has 0 radical (unpaired) electrons. The molecule has 0 bridgehead atoms. The summed E-state index contributed by atoms with van der Waals surface area (Å²) in [5.74, 6) is 0. The number of hydrogen-bond donors (Lipinski definition) is 2. The number of benzene rings is 1. The summed E-state index contributed by atoms with van der Waals surface area (Å²) in [4.78, 5) is 14.3. The summed E-state index contributed by atoms with van der Waals surface area (Å²) in [6.07, 6.45) is -1.60. The second kappa shape index (κ2) is 6.26. The molecule has 1 aliphatic heterocycles. The largest absolute Gasteiger partial charge is 0.386 e. The van der Waals surface area contributed by atoms with Crippen LogP contribution in [0.5, 0.6) is 0 Å². The number of aliphatic hydroxyl groups excluding tert-OH is 2. The van der Waals surface area contributed by atoms with E-state index in [1.807, 2.05) is 0 Å². The molecule has 17 heavy (non-hydrogen) atoms. The van der Waals surface area contributed by atoms with E-state index in [2.05, 4.69) is 0 Å². The summed E-state index contributed by atoms with van der Waals surface area (Å²) >= 11 is 0. The molecular weight excluding hydrogens is 228 g/mol. The summed E-state index contributed by atoms with van der Waals surface area (Å²) in [5, 5.41) is 28.8. The molecule has 0 saturated carbocycles. The Balaban J connectivity index is 0.000000171. The lowest BCUT2D eigenvalue weighted by Crippen LogP contribution is -2.31. The van der Waals surface area contributed by atoms with Gasteiger partial charge in [0.05, 0.1) is 11.5 Å². The van der Waals surface area contributed by atoms with Gasteiger partial charge in [-0.05, 0) is 0 Å². The van der Waals surface area contributed by atoms with Gasteiger partial charge >= 0.3 is 0 Å². The van der Waals surface area contributed by atoms with Crippen LogP contribution in [-0.4, -0.2) is 46.2 Å². The molecule has 1 aromatic rings. The molecule has 2 atom stereocenters. The number of nitrogens with zero attached hydrogens (tertiary/aromatic N) is 2. The molecule has 1 fully saturated rings. The van der Waals surface area contributed by atoms with Gasteiger partial charge in [0, 0.05) is 19.2 Å². The van der Waals surface area contributed by atoms with Crippen molar-refractivity contribution in [3.8, 4) is 0 Å². The number of non-ortho nitro benzene ring substituents is 1. The topological polar surface area (TPSA) is 96.1 Å². The van der Waals surface area contributed by atoms with Gasteiger partial charge in [-0.15, -0.1) is 0 Å². The Bertz CT molecular complexity index is 349. The van der Waals surface area contributed by atoms with Crippen molar-refractivity contribution in [3.63, 3.8) is 0 Å². The lowest BCUT2D eigenvalue weighted by molar-refractivity contribution is -0.384. The van der Waals surface area contributed by atoms with E-state index >= 15 is 0 Å². The molecule has 2 unspecified atom stereocenters. The predicted octanol–water partition coefficient (Wildman–Crippen LogP) is 0.137. The number of para-hydroxylation sites is 1. The van der Waals surface area contributed by atoms with Crippen molar-refractivity contribution in [3.05, 3.63) is 40.4 Å². The first-order valence-corrected chi connectivity index (χ1v) is 4.93. The molecule has 0 amide bonds. The van der Waals surface area contributed by atoms with Crippen LogP contribution in [0, 0.1) is 10.1 Å². The van der Waals surface area contributed by atoms with Gasteiger partial charge in [0.25, 0.3) is 5.69 Å².